The summed E-state index contributed by atoms with van der Waals surface area (Å²) in [5.41, 5.74) is 3.04. The Labute approximate surface area is 208 Å². The van der Waals surface area contributed by atoms with Crippen molar-refractivity contribution >= 4 is 17.5 Å². The van der Waals surface area contributed by atoms with Gasteiger partial charge in [-0.05, 0) is 54.2 Å². The lowest BCUT2D eigenvalue weighted by molar-refractivity contribution is -0.123. The number of carbonyl (C=O) groups is 2. The normalized spacial score (nSPS) is 15.3. The standard InChI is InChI=1S/C30H35N3O2/c1-30(2,3)24-16-18-26(19-17-24)33(29(35)22-11-6-4-7-12-22)27(23-13-10-20-31-21-23)28(34)32-25-14-8-5-9-15-25/h4,6-7,10-13,16-21,25,27H,5,8-9,14-15H2,1-3H3,(H,32,34). The first-order chi connectivity index (χ1) is 16.8. The highest BCUT2D eigenvalue weighted by molar-refractivity contribution is 6.10. The molecular formula is C30H35N3O2. The first kappa shape index (κ1) is 24.6. The van der Waals surface area contributed by atoms with Crippen LogP contribution in [0.3, 0.4) is 0 Å². The van der Waals surface area contributed by atoms with Crippen LogP contribution in [0.15, 0.2) is 79.1 Å². The van der Waals surface area contributed by atoms with E-state index in [2.05, 4.69) is 31.1 Å². The molecule has 1 heterocycles. The van der Waals surface area contributed by atoms with Crippen molar-refractivity contribution in [3.8, 4) is 0 Å². The third kappa shape index (κ3) is 5.97. The largest absolute Gasteiger partial charge is 0.351 e. The van der Waals surface area contributed by atoms with Gasteiger partial charge in [0.2, 0.25) is 5.91 Å². The van der Waals surface area contributed by atoms with E-state index in [0.29, 0.717) is 16.8 Å². The molecule has 4 rings (SSSR count). The van der Waals surface area contributed by atoms with Crippen LogP contribution in [0.2, 0.25) is 0 Å². The number of benzene rings is 2. The minimum absolute atomic E-state index is 0.0199. The van der Waals surface area contributed by atoms with Crippen LogP contribution >= 0.6 is 0 Å². The van der Waals surface area contributed by atoms with Crippen molar-refractivity contribution in [2.24, 2.45) is 0 Å². The van der Waals surface area contributed by atoms with E-state index in [4.69, 9.17) is 0 Å². The van der Waals surface area contributed by atoms with Gasteiger partial charge in [0.1, 0.15) is 6.04 Å². The van der Waals surface area contributed by atoms with Crippen LogP contribution in [-0.4, -0.2) is 22.8 Å². The molecule has 0 bridgehead atoms. The van der Waals surface area contributed by atoms with E-state index in [0.717, 1.165) is 31.2 Å². The Kier molecular flexibility index (Phi) is 7.64. The van der Waals surface area contributed by atoms with E-state index < -0.39 is 6.04 Å². The minimum atomic E-state index is -0.834. The summed E-state index contributed by atoms with van der Waals surface area (Å²) in [5.74, 6) is -0.393. The number of carbonyl (C=O) groups excluding carboxylic acids is 2. The Morgan fingerprint density at radius 2 is 1.60 bits per heavy atom. The smallest absolute Gasteiger partial charge is 0.259 e. The van der Waals surface area contributed by atoms with Crippen LogP contribution in [-0.2, 0) is 10.2 Å². The average Bonchev–Trinajstić information content (AvgIpc) is 2.88. The molecule has 2 aromatic carbocycles. The van der Waals surface area contributed by atoms with Crippen molar-refractivity contribution in [2.75, 3.05) is 4.90 Å². The fraction of sp³-hybridized carbons (Fsp3) is 0.367. The Hall–Kier alpha value is -3.47. The van der Waals surface area contributed by atoms with Gasteiger partial charge in [-0.3, -0.25) is 19.5 Å². The van der Waals surface area contributed by atoms with Crippen molar-refractivity contribution in [1.29, 1.82) is 0 Å². The molecule has 1 aliphatic carbocycles. The van der Waals surface area contributed by atoms with Gasteiger partial charge in [0.25, 0.3) is 5.91 Å². The monoisotopic (exact) mass is 469 g/mol. The van der Waals surface area contributed by atoms with E-state index in [9.17, 15) is 9.59 Å². The van der Waals surface area contributed by atoms with Gasteiger partial charge in [-0.1, -0.05) is 76.4 Å². The molecule has 35 heavy (non-hydrogen) atoms. The summed E-state index contributed by atoms with van der Waals surface area (Å²) in [4.78, 5) is 33.7. The maximum Gasteiger partial charge on any atom is 0.259 e. The van der Waals surface area contributed by atoms with E-state index >= 15 is 0 Å². The number of nitrogens with one attached hydrogen (secondary N) is 1. The molecule has 1 aromatic heterocycles. The number of pyridine rings is 1. The summed E-state index contributed by atoms with van der Waals surface area (Å²) in [7, 11) is 0. The zero-order valence-electron chi connectivity index (χ0n) is 20.9. The van der Waals surface area contributed by atoms with Gasteiger partial charge in [-0.25, -0.2) is 0 Å². The second-order valence-electron chi connectivity index (χ2n) is 10.4. The molecule has 3 aromatic rings. The second kappa shape index (κ2) is 10.9. The molecule has 0 saturated heterocycles. The Bertz CT molecular complexity index is 1120. The first-order valence-electron chi connectivity index (χ1n) is 12.5. The van der Waals surface area contributed by atoms with Crippen molar-refractivity contribution in [3.05, 3.63) is 95.8 Å². The number of nitrogens with zero attached hydrogens (tertiary/aromatic N) is 2. The molecule has 5 nitrogen and oxygen atoms in total. The minimum Gasteiger partial charge on any atom is -0.351 e. The predicted octanol–water partition coefficient (Wildman–Crippen LogP) is 6.22. The lowest BCUT2D eigenvalue weighted by Gasteiger charge is -2.33. The SMILES string of the molecule is CC(C)(C)c1ccc(N(C(=O)c2ccccc2)C(C(=O)NC2CCCCC2)c2cccnc2)cc1. The number of hydrogen-bond acceptors (Lipinski definition) is 3. The number of amides is 2. The van der Waals surface area contributed by atoms with Gasteiger partial charge in [-0.2, -0.15) is 0 Å². The Balaban J connectivity index is 1.79. The molecule has 1 N–H and O–H groups in total. The van der Waals surface area contributed by atoms with E-state index in [1.807, 2.05) is 54.6 Å². The van der Waals surface area contributed by atoms with E-state index in [1.54, 1.807) is 29.4 Å². The Morgan fingerprint density at radius 1 is 0.914 bits per heavy atom. The summed E-state index contributed by atoms with van der Waals surface area (Å²) < 4.78 is 0. The molecular weight excluding hydrogens is 434 g/mol. The molecule has 1 saturated carbocycles. The molecule has 1 unspecified atom stereocenters. The lowest BCUT2D eigenvalue weighted by atomic mass is 9.87. The van der Waals surface area contributed by atoms with Crippen LogP contribution in [0.25, 0.3) is 0 Å². The first-order valence-corrected chi connectivity index (χ1v) is 12.5. The van der Waals surface area contributed by atoms with Gasteiger partial charge < -0.3 is 5.32 Å². The summed E-state index contributed by atoms with van der Waals surface area (Å²) in [6, 6.07) is 20.1. The van der Waals surface area contributed by atoms with Crippen molar-refractivity contribution in [2.45, 2.75) is 70.4 Å². The van der Waals surface area contributed by atoms with Crippen LogP contribution in [0, 0.1) is 0 Å². The van der Waals surface area contributed by atoms with Gasteiger partial charge in [0, 0.05) is 35.2 Å². The molecule has 0 aliphatic heterocycles. The van der Waals surface area contributed by atoms with Gasteiger partial charge in [0.05, 0.1) is 0 Å². The van der Waals surface area contributed by atoms with Gasteiger partial charge in [0.15, 0.2) is 0 Å². The fourth-order valence-corrected chi connectivity index (χ4v) is 4.71. The maximum absolute atomic E-state index is 14.0. The van der Waals surface area contributed by atoms with Crippen LogP contribution in [0.4, 0.5) is 5.69 Å². The summed E-state index contributed by atoms with van der Waals surface area (Å²) in [5, 5.41) is 3.25. The van der Waals surface area contributed by atoms with E-state index in [1.165, 1.54) is 6.42 Å². The third-order valence-electron chi connectivity index (χ3n) is 6.71. The summed E-state index contributed by atoms with van der Waals surface area (Å²) in [6.45, 7) is 6.47. The zero-order valence-corrected chi connectivity index (χ0v) is 20.9. The van der Waals surface area contributed by atoms with Crippen molar-refractivity contribution < 1.29 is 9.59 Å². The molecule has 2 amide bonds. The van der Waals surface area contributed by atoms with Crippen molar-refractivity contribution in [3.63, 3.8) is 0 Å². The zero-order chi connectivity index (χ0) is 24.8. The lowest BCUT2D eigenvalue weighted by Crippen LogP contribution is -2.47. The quantitative estimate of drug-likeness (QED) is 0.466. The highest BCUT2D eigenvalue weighted by Gasteiger charge is 2.35. The highest BCUT2D eigenvalue weighted by Crippen LogP contribution is 2.32. The molecule has 1 fully saturated rings. The topological polar surface area (TPSA) is 62.3 Å². The number of anilines is 1. The van der Waals surface area contributed by atoms with E-state index in [-0.39, 0.29) is 23.3 Å². The Morgan fingerprint density at radius 3 is 2.20 bits per heavy atom. The molecule has 182 valence electrons. The van der Waals surface area contributed by atoms with Crippen LogP contribution < -0.4 is 10.2 Å². The van der Waals surface area contributed by atoms with Gasteiger partial charge >= 0.3 is 0 Å². The van der Waals surface area contributed by atoms with Gasteiger partial charge in [-0.15, -0.1) is 0 Å². The maximum atomic E-state index is 14.0. The number of aromatic nitrogens is 1. The second-order valence-corrected chi connectivity index (χ2v) is 10.4. The highest BCUT2D eigenvalue weighted by atomic mass is 16.2. The van der Waals surface area contributed by atoms with Crippen molar-refractivity contribution in [1.82, 2.24) is 10.3 Å². The predicted molar refractivity (Wildman–Crippen MR) is 140 cm³/mol. The van der Waals surface area contributed by atoms with Crippen LogP contribution in [0.5, 0.6) is 0 Å². The summed E-state index contributed by atoms with van der Waals surface area (Å²) in [6.07, 6.45) is 8.74. The van der Waals surface area contributed by atoms with Crippen LogP contribution in [0.1, 0.15) is 80.4 Å². The fourth-order valence-electron chi connectivity index (χ4n) is 4.71. The average molecular weight is 470 g/mol. The number of rotatable bonds is 6. The third-order valence-corrected chi connectivity index (χ3v) is 6.71. The molecule has 0 spiro atoms. The number of hydrogen-bond donors (Lipinski definition) is 1. The molecule has 1 atom stereocenters. The summed E-state index contributed by atoms with van der Waals surface area (Å²) >= 11 is 0. The molecule has 5 heteroatoms. The molecule has 1 aliphatic rings. The molecule has 0 radical (unpaired) electrons.